The molecular formula is C14H21NOS. The van der Waals surface area contributed by atoms with E-state index in [0.717, 1.165) is 26.2 Å². The van der Waals surface area contributed by atoms with Gasteiger partial charge in [0.1, 0.15) is 0 Å². The van der Waals surface area contributed by atoms with E-state index in [9.17, 15) is 0 Å². The lowest BCUT2D eigenvalue weighted by Crippen LogP contribution is -2.44. The number of benzene rings is 1. The fraction of sp³-hybridized carbons (Fsp3) is 0.571. The Kier molecular flexibility index (Phi) is 4.89. The molecule has 2 rings (SSSR count). The smallest absolute Gasteiger partial charge is 0.0603 e. The molecule has 1 aliphatic heterocycles. The molecule has 1 saturated heterocycles. The molecule has 1 aromatic rings. The van der Waals surface area contributed by atoms with E-state index >= 15 is 0 Å². The summed E-state index contributed by atoms with van der Waals surface area (Å²) in [6, 6.07) is 9.35. The van der Waals surface area contributed by atoms with E-state index in [1.807, 2.05) is 11.8 Å². The number of nitrogens with one attached hydrogen (secondary N) is 1. The Balaban J connectivity index is 1.97. The van der Waals surface area contributed by atoms with Gasteiger partial charge in [-0.25, -0.2) is 0 Å². The number of aryl methyl sites for hydroxylation is 1. The highest BCUT2D eigenvalue weighted by Gasteiger charge is 2.25. The quantitative estimate of drug-likeness (QED) is 0.889. The van der Waals surface area contributed by atoms with Crippen LogP contribution in [0.4, 0.5) is 0 Å². The molecule has 2 unspecified atom stereocenters. The van der Waals surface area contributed by atoms with Crippen molar-refractivity contribution in [2.75, 3.05) is 19.8 Å². The van der Waals surface area contributed by atoms with Crippen molar-refractivity contribution >= 4 is 11.8 Å². The Bertz CT molecular complexity index is 337. The molecule has 1 aromatic carbocycles. The second-order valence-corrected chi connectivity index (χ2v) is 5.81. The van der Waals surface area contributed by atoms with Crippen molar-refractivity contribution in [3.05, 3.63) is 29.8 Å². The second kappa shape index (κ2) is 6.43. The van der Waals surface area contributed by atoms with E-state index in [4.69, 9.17) is 4.74 Å². The highest BCUT2D eigenvalue weighted by Crippen LogP contribution is 2.29. The van der Waals surface area contributed by atoms with E-state index in [1.165, 1.54) is 10.5 Å². The van der Waals surface area contributed by atoms with Crippen LogP contribution in [0.2, 0.25) is 0 Å². The molecule has 3 heteroatoms. The van der Waals surface area contributed by atoms with Gasteiger partial charge in [0.15, 0.2) is 0 Å². The molecule has 1 heterocycles. The molecule has 0 spiro atoms. The summed E-state index contributed by atoms with van der Waals surface area (Å²) in [4.78, 5) is 1.34. The minimum absolute atomic E-state index is 0.534. The molecule has 2 atom stereocenters. The van der Waals surface area contributed by atoms with Crippen LogP contribution in [0.3, 0.4) is 0 Å². The zero-order valence-electron chi connectivity index (χ0n) is 10.6. The van der Waals surface area contributed by atoms with E-state index in [-0.39, 0.29) is 0 Å². The summed E-state index contributed by atoms with van der Waals surface area (Å²) in [5, 5.41) is 4.10. The van der Waals surface area contributed by atoms with Crippen LogP contribution in [0.5, 0.6) is 0 Å². The van der Waals surface area contributed by atoms with Gasteiger partial charge in [0.25, 0.3) is 0 Å². The minimum Gasteiger partial charge on any atom is -0.380 e. The summed E-state index contributed by atoms with van der Waals surface area (Å²) in [6.07, 6.45) is 1.12. The summed E-state index contributed by atoms with van der Waals surface area (Å²) in [5.41, 5.74) is 1.32. The molecule has 94 valence electrons. The van der Waals surface area contributed by atoms with Crippen molar-refractivity contribution in [1.29, 1.82) is 0 Å². The molecule has 0 aliphatic carbocycles. The van der Waals surface area contributed by atoms with Crippen LogP contribution < -0.4 is 5.32 Å². The predicted octanol–water partition coefficient (Wildman–Crippen LogP) is 2.85. The number of thioether (sulfide) groups is 1. The topological polar surface area (TPSA) is 21.3 Å². The molecule has 0 saturated carbocycles. The van der Waals surface area contributed by atoms with Crippen molar-refractivity contribution in [3.63, 3.8) is 0 Å². The molecule has 0 radical (unpaired) electrons. The third-order valence-electron chi connectivity index (χ3n) is 3.08. The van der Waals surface area contributed by atoms with Crippen LogP contribution >= 0.6 is 11.8 Å². The van der Waals surface area contributed by atoms with Crippen LogP contribution in [0, 0.1) is 6.92 Å². The molecule has 0 amide bonds. The van der Waals surface area contributed by atoms with Crippen LogP contribution in [0.15, 0.2) is 29.2 Å². The SMILES string of the molecule is CCNC1CCOCC1Sc1ccc(C)cc1. The van der Waals surface area contributed by atoms with E-state index in [0.29, 0.717) is 11.3 Å². The van der Waals surface area contributed by atoms with E-state index in [1.54, 1.807) is 0 Å². The summed E-state index contributed by atoms with van der Waals surface area (Å²) in [7, 11) is 0. The van der Waals surface area contributed by atoms with Gasteiger partial charge in [0.05, 0.1) is 6.61 Å². The Morgan fingerprint density at radius 2 is 2.12 bits per heavy atom. The average molecular weight is 251 g/mol. The Morgan fingerprint density at radius 1 is 1.35 bits per heavy atom. The molecule has 0 aromatic heterocycles. The Hall–Kier alpha value is -0.510. The lowest BCUT2D eigenvalue weighted by molar-refractivity contribution is 0.0837. The Morgan fingerprint density at radius 3 is 2.82 bits per heavy atom. The first kappa shape index (κ1) is 12.9. The number of hydrogen-bond acceptors (Lipinski definition) is 3. The van der Waals surface area contributed by atoms with Crippen molar-refractivity contribution in [2.45, 2.75) is 36.5 Å². The normalized spacial score (nSPS) is 24.8. The first-order valence-electron chi connectivity index (χ1n) is 6.34. The third kappa shape index (κ3) is 3.73. The van der Waals surface area contributed by atoms with Crippen LogP contribution in [-0.4, -0.2) is 31.1 Å². The van der Waals surface area contributed by atoms with Crippen LogP contribution in [0.1, 0.15) is 18.9 Å². The molecule has 2 nitrogen and oxygen atoms in total. The summed E-state index contributed by atoms with van der Waals surface area (Å²) < 4.78 is 5.59. The molecule has 1 N–H and O–H groups in total. The van der Waals surface area contributed by atoms with E-state index in [2.05, 4.69) is 43.4 Å². The Labute approximate surface area is 108 Å². The molecule has 1 aliphatic rings. The van der Waals surface area contributed by atoms with Gasteiger partial charge in [-0.3, -0.25) is 0 Å². The van der Waals surface area contributed by atoms with Crippen molar-refractivity contribution in [1.82, 2.24) is 5.32 Å². The number of hydrogen-bond donors (Lipinski definition) is 1. The van der Waals surface area contributed by atoms with Crippen molar-refractivity contribution < 1.29 is 4.74 Å². The average Bonchev–Trinajstić information content (AvgIpc) is 2.35. The van der Waals surface area contributed by atoms with Gasteiger partial charge in [-0.05, 0) is 32.0 Å². The fourth-order valence-corrected chi connectivity index (χ4v) is 3.32. The van der Waals surface area contributed by atoms with Crippen molar-refractivity contribution in [2.24, 2.45) is 0 Å². The van der Waals surface area contributed by atoms with Crippen LogP contribution in [-0.2, 0) is 4.74 Å². The first-order chi connectivity index (χ1) is 8.29. The summed E-state index contributed by atoms with van der Waals surface area (Å²) in [6.45, 7) is 7.08. The highest BCUT2D eigenvalue weighted by atomic mass is 32.2. The lowest BCUT2D eigenvalue weighted by Gasteiger charge is -2.31. The maximum Gasteiger partial charge on any atom is 0.0603 e. The molecule has 17 heavy (non-hydrogen) atoms. The van der Waals surface area contributed by atoms with Gasteiger partial charge in [-0.15, -0.1) is 11.8 Å². The standard InChI is InChI=1S/C14H21NOS/c1-3-15-13-8-9-16-10-14(13)17-12-6-4-11(2)5-7-12/h4-7,13-15H,3,8-10H2,1-2H3. The van der Waals surface area contributed by atoms with Gasteiger partial charge < -0.3 is 10.1 Å². The number of rotatable bonds is 4. The minimum atomic E-state index is 0.534. The predicted molar refractivity (Wildman–Crippen MR) is 73.7 cm³/mol. The second-order valence-electron chi connectivity index (χ2n) is 4.50. The van der Waals surface area contributed by atoms with Crippen molar-refractivity contribution in [3.8, 4) is 0 Å². The summed E-state index contributed by atoms with van der Waals surface area (Å²) >= 11 is 1.93. The molecule has 1 fully saturated rings. The largest absolute Gasteiger partial charge is 0.380 e. The van der Waals surface area contributed by atoms with Gasteiger partial charge in [-0.1, -0.05) is 24.6 Å². The third-order valence-corrected chi connectivity index (χ3v) is 4.39. The lowest BCUT2D eigenvalue weighted by atomic mass is 10.1. The summed E-state index contributed by atoms with van der Waals surface area (Å²) in [5.74, 6) is 0. The zero-order chi connectivity index (χ0) is 12.1. The van der Waals surface area contributed by atoms with E-state index < -0.39 is 0 Å². The van der Waals surface area contributed by atoms with Gasteiger partial charge in [0, 0.05) is 22.8 Å². The first-order valence-corrected chi connectivity index (χ1v) is 7.22. The van der Waals surface area contributed by atoms with Gasteiger partial charge in [0.2, 0.25) is 0 Å². The van der Waals surface area contributed by atoms with Crippen LogP contribution in [0.25, 0.3) is 0 Å². The maximum atomic E-state index is 5.59. The fourth-order valence-electron chi connectivity index (χ4n) is 2.12. The molecular weight excluding hydrogens is 230 g/mol. The zero-order valence-corrected chi connectivity index (χ0v) is 11.4. The maximum absolute atomic E-state index is 5.59. The molecule has 0 bridgehead atoms. The van der Waals surface area contributed by atoms with Gasteiger partial charge >= 0.3 is 0 Å². The highest BCUT2D eigenvalue weighted by molar-refractivity contribution is 8.00. The van der Waals surface area contributed by atoms with Gasteiger partial charge in [-0.2, -0.15) is 0 Å². The number of ether oxygens (including phenoxy) is 1. The monoisotopic (exact) mass is 251 g/mol.